The third kappa shape index (κ3) is 4.16. The van der Waals surface area contributed by atoms with Crippen LogP contribution in [0.4, 0.5) is 0 Å². The van der Waals surface area contributed by atoms with Crippen molar-refractivity contribution in [3.05, 3.63) is 0 Å². The minimum Gasteiger partial charge on any atom is -0.378 e. The third-order valence-electron chi connectivity index (χ3n) is 3.82. The molecule has 1 heterocycles. The Bertz CT molecular complexity index is 338. The number of carbonyl (C=O) groups is 2. The van der Waals surface area contributed by atoms with E-state index in [-0.39, 0.29) is 29.8 Å². The van der Waals surface area contributed by atoms with Crippen LogP contribution in [0.25, 0.3) is 0 Å². The van der Waals surface area contributed by atoms with Crippen molar-refractivity contribution in [2.75, 3.05) is 26.3 Å². The Morgan fingerprint density at radius 1 is 1.45 bits per heavy atom. The normalized spacial score (nSPS) is 22.9. The molecule has 7 heteroatoms. The van der Waals surface area contributed by atoms with E-state index >= 15 is 0 Å². The smallest absolute Gasteiger partial charge is 0.239 e. The van der Waals surface area contributed by atoms with Gasteiger partial charge in [-0.3, -0.25) is 19.9 Å². The van der Waals surface area contributed by atoms with E-state index in [0.29, 0.717) is 26.3 Å². The molecule has 0 bridgehead atoms. The first kappa shape index (κ1) is 16.9. The molecule has 0 aromatic heterocycles. The minimum absolute atomic E-state index is 0.0428. The molecule has 0 radical (unpaired) electrons. The Kier molecular flexibility index (Phi) is 6.90. The summed E-state index contributed by atoms with van der Waals surface area (Å²) in [7, 11) is 0. The quantitative estimate of drug-likeness (QED) is 0.338. The van der Waals surface area contributed by atoms with Gasteiger partial charge in [-0.25, -0.2) is 5.84 Å². The Labute approximate surface area is 120 Å². The number of morpholine rings is 1. The van der Waals surface area contributed by atoms with Crippen molar-refractivity contribution >= 4 is 11.8 Å². The maximum Gasteiger partial charge on any atom is 0.239 e. The average molecular weight is 286 g/mol. The maximum atomic E-state index is 12.2. The molecule has 1 rings (SSSR count). The molecule has 1 fully saturated rings. The molecule has 7 nitrogen and oxygen atoms in total. The molecule has 1 aliphatic heterocycles. The summed E-state index contributed by atoms with van der Waals surface area (Å²) < 4.78 is 5.40. The number of nitrogens with one attached hydrogen (secondary N) is 2. The third-order valence-corrected chi connectivity index (χ3v) is 3.82. The van der Waals surface area contributed by atoms with Crippen molar-refractivity contribution in [1.82, 2.24) is 15.6 Å². The second-order valence-corrected chi connectivity index (χ2v) is 5.16. The highest BCUT2D eigenvalue weighted by molar-refractivity contribution is 5.82. The summed E-state index contributed by atoms with van der Waals surface area (Å²) in [6.45, 7) is 7.96. The zero-order valence-electron chi connectivity index (χ0n) is 12.5. The molecule has 0 aliphatic carbocycles. The summed E-state index contributed by atoms with van der Waals surface area (Å²) in [5.74, 6) is 4.62. The molecule has 0 saturated carbocycles. The van der Waals surface area contributed by atoms with Gasteiger partial charge in [0.1, 0.15) is 6.04 Å². The minimum atomic E-state index is -0.349. The van der Waals surface area contributed by atoms with Crippen LogP contribution in [0.3, 0.4) is 0 Å². The van der Waals surface area contributed by atoms with E-state index in [0.717, 1.165) is 6.42 Å². The van der Waals surface area contributed by atoms with Gasteiger partial charge < -0.3 is 10.1 Å². The van der Waals surface area contributed by atoms with Crippen LogP contribution >= 0.6 is 0 Å². The molecule has 3 atom stereocenters. The topological polar surface area (TPSA) is 96.7 Å². The fourth-order valence-electron chi connectivity index (χ4n) is 2.33. The zero-order valence-corrected chi connectivity index (χ0v) is 12.5. The largest absolute Gasteiger partial charge is 0.378 e. The summed E-state index contributed by atoms with van der Waals surface area (Å²) in [6.07, 6.45) is 0.890. The van der Waals surface area contributed by atoms with Crippen LogP contribution < -0.4 is 16.6 Å². The van der Waals surface area contributed by atoms with Gasteiger partial charge in [0.2, 0.25) is 11.8 Å². The van der Waals surface area contributed by atoms with E-state index in [1.807, 2.05) is 25.7 Å². The molecule has 1 saturated heterocycles. The fraction of sp³-hybridized carbons (Fsp3) is 0.846. The molecule has 2 amide bonds. The van der Waals surface area contributed by atoms with E-state index < -0.39 is 0 Å². The second kappa shape index (κ2) is 8.18. The highest BCUT2D eigenvalue weighted by atomic mass is 16.5. The van der Waals surface area contributed by atoms with Crippen molar-refractivity contribution in [3.63, 3.8) is 0 Å². The van der Waals surface area contributed by atoms with Gasteiger partial charge in [0.25, 0.3) is 0 Å². The lowest BCUT2D eigenvalue weighted by Crippen LogP contribution is -2.59. The van der Waals surface area contributed by atoms with E-state index in [2.05, 4.69) is 10.7 Å². The van der Waals surface area contributed by atoms with Crippen LogP contribution in [0.15, 0.2) is 0 Å². The molecule has 20 heavy (non-hydrogen) atoms. The number of amides is 2. The standard InChI is InChI=1S/C13H26N4O3/c1-4-5-15-13(19)11-8-20-7-6-17(11)10(3)9(2)12(18)16-14/h9-11H,4-8,14H2,1-3H3,(H,15,19)(H,16,18). The first-order valence-electron chi connectivity index (χ1n) is 7.14. The zero-order chi connectivity index (χ0) is 15.1. The highest BCUT2D eigenvalue weighted by Gasteiger charge is 2.35. The van der Waals surface area contributed by atoms with Crippen LogP contribution in [-0.4, -0.2) is 55.1 Å². The van der Waals surface area contributed by atoms with Gasteiger partial charge >= 0.3 is 0 Å². The second-order valence-electron chi connectivity index (χ2n) is 5.16. The van der Waals surface area contributed by atoms with E-state index in [1.165, 1.54) is 0 Å². The van der Waals surface area contributed by atoms with Gasteiger partial charge in [-0.05, 0) is 13.3 Å². The summed E-state index contributed by atoms with van der Waals surface area (Å²) in [4.78, 5) is 25.8. The molecular formula is C13H26N4O3. The Balaban J connectivity index is 2.72. The van der Waals surface area contributed by atoms with Crippen LogP contribution in [0, 0.1) is 5.92 Å². The molecule has 1 aliphatic rings. The van der Waals surface area contributed by atoms with Gasteiger partial charge in [-0.1, -0.05) is 13.8 Å². The average Bonchev–Trinajstić information content (AvgIpc) is 2.50. The number of nitrogens with two attached hydrogens (primary N) is 1. The number of hydrogen-bond donors (Lipinski definition) is 3. The lowest BCUT2D eigenvalue weighted by molar-refractivity contribution is -0.138. The molecule has 4 N–H and O–H groups in total. The van der Waals surface area contributed by atoms with Crippen molar-refractivity contribution in [2.45, 2.75) is 39.3 Å². The SMILES string of the molecule is CCCNC(=O)C1COCCN1C(C)C(C)C(=O)NN. The van der Waals surface area contributed by atoms with Crippen LogP contribution in [0.1, 0.15) is 27.2 Å². The number of hydrogen-bond acceptors (Lipinski definition) is 5. The van der Waals surface area contributed by atoms with Gasteiger partial charge in [0.05, 0.1) is 19.1 Å². The van der Waals surface area contributed by atoms with Gasteiger partial charge in [0, 0.05) is 19.1 Å². The predicted molar refractivity (Wildman–Crippen MR) is 75.6 cm³/mol. The number of rotatable bonds is 6. The maximum absolute atomic E-state index is 12.2. The van der Waals surface area contributed by atoms with Gasteiger partial charge in [-0.15, -0.1) is 0 Å². The monoisotopic (exact) mass is 286 g/mol. The van der Waals surface area contributed by atoms with Crippen molar-refractivity contribution < 1.29 is 14.3 Å². The fourth-order valence-corrected chi connectivity index (χ4v) is 2.33. The van der Waals surface area contributed by atoms with Gasteiger partial charge in [-0.2, -0.15) is 0 Å². The first-order chi connectivity index (χ1) is 9.52. The number of hydrazine groups is 1. The molecule has 0 aromatic rings. The summed E-state index contributed by atoms with van der Waals surface area (Å²) in [6, 6.07) is -0.432. The van der Waals surface area contributed by atoms with Crippen molar-refractivity contribution in [2.24, 2.45) is 11.8 Å². The van der Waals surface area contributed by atoms with Crippen LogP contribution in [0.2, 0.25) is 0 Å². The van der Waals surface area contributed by atoms with Crippen LogP contribution in [-0.2, 0) is 14.3 Å². The molecule has 0 aromatic carbocycles. The van der Waals surface area contributed by atoms with E-state index in [4.69, 9.17) is 10.6 Å². The van der Waals surface area contributed by atoms with Crippen LogP contribution in [0.5, 0.6) is 0 Å². The predicted octanol–water partition coefficient (Wildman–Crippen LogP) is -0.772. The highest BCUT2D eigenvalue weighted by Crippen LogP contribution is 2.17. The summed E-state index contributed by atoms with van der Waals surface area (Å²) in [5.41, 5.74) is 2.17. The lowest BCUT2D eigenvalue weighted by Gasteiger charge is -2.40. The molecule has 0 spiro atoms. The summed E-state index contributed by atoms with van der Waals surface area (Å²) in [5, 5.41) is 2.88. The number of carbonyl (C=O) groups excluding carboxylic acids is 2. The van der Waals surface area contributed by atoms with Crippen molar-refractivity contribution in [3.8, 4) is 0 Å². The van der Waals surface area contributed by atoms with Gasteiger partial charge in [0.15, 0.2) is 0 Å². The number of ether oxygens (including phenoxy) is 1. The Morgan fingerprint density at radius 3 is 2.75 bits per heavy atom. The molecular weight excluding hydrogens is 260 g/mol. The molecule has 3 unspecified atom stereocenters. The number of nitrogens with zero attached hydrogens (tertiary/aromatic N) is 1. The Hall–Kier alpha value is -1.18. The first-order valence-corrected chi connectivity index (χ1v) is 7.14. The Morgan fingerprint density at radius 2 is 2.15 bits per heavy atom. The summed E-state index contributed by atoms with van der Waals surface area (Å²) >= 11 is 0. The van der Waals surface area contributed by atoms with Crippen molar-refractivity contribution in [1.29, 1.82) is 0 Å². The van der Waals surface area contributed by atoms with E-state index in [1.54, 1.807) is 0 Å². The lowest BCUT2D eigenvalue weighted by atomic mass is 9.98. The molecule has 116 valence electrons. The van der Waals surface area contributed by atoms with E-state index in [9.17, 15) is 9.59 Å².